The van der Waals surface area contributed by atoms with Crippen LogP contribution in [0.25, 0.3) is 0 Å². The van der Waals surface area contributed by atoms with Crippen molar-refractivity contribution in [2.75, 3.05) is 30.0 Å². The summed E-state index contributed by atoms with van der Waals surface area (Å²) in [7, 11) is -3.87. The lowest BCUT2D eigenvalue weighted by atomic mass is 10.0. The first kappa shape index (κ1) is 32.1. The molecule has 1 saturated carbocycles. The van der Waals surface area contributed by atoms with Gasteiger partial charge in [0.15, 0.2) is 23.9 Å². The number of nitrogens with zero attached hydrogens (tertiary/aromatic N) is 1. The molecule has 1 N–H and O–H groups in total. The Balaban J connectivity index is 1.65. The van der Waals surface area contributed by atoms with Crippen molar-refractivity contribution in [3.05, 3.63) is 76.0 Å². The Hall–Kier alpha value is -2.80. The van der Waals surface area contributed by atoms with Crippen molar-refractivity contribution in [2.24, 2.45) is 5.92 Å². The maximum Gasteiger partial charge on any atom is 0.387 e. The third-order valence-electron chi connectivity index (χ3n) is 6.42. The van der Waals surface area contributed by atoms with Crippen LogP contribution in [0.2, 0.25) is 10.0 Å². The molecule has 1 atom stereocenters. The number of nitrogens with one attached hydrogen (secondary N) is 1. The number of halogens is 4. The number of hydrogen-bond donors (Lipinski definition) is 0. The first-order chi connectivity index (χ1) is 19.9. The number of rotatable bonds is 14. The molecule has 0 amide bonds. The third-order valence-corrected chi connectivity index (χ3v) is 8.98. The number of esters is 1. The second kappa shape index (κ2) is 14.1. The minimum absolute atomic E-state index is 0.00347. The molecule has 0 unspecified atom stereocenters. The number of anilines is 1. The van der Waals surface area contributed by atoms with E-state index >= 15 is 0 Å². The molecule has 8 nitrogen and oxygen atoms in total. The summed E-state index contributed by atoms with van der Waals surface area (Å²) in [6.07, 6.45) is 6.80. The second-order valence-electron chi connectivity index (χ2n) is 9.62. The van der Waals surface area contributed by atoms with Gasteiger partial charge in [-0.2, -0.15) is 8.78 Å². The number of alkyl halides is 2. The summed E-state index contributed by atoms with van der Waals surface area (Å²) in [6.45, 7) is -3.37. The number of ether oxygens (including phenoxy) is 3. The standard InChI is InChI=1S/C28H28Cl2F2N2O6S2/c1-41-20-8-6-19(7-9-20)34(42(2,36)37)15-27(35)39-25(12-21-22(29)13-33-14-23(21)30)18-5-10-24(40-28(31)32)26(11-18)38-16-17-3-4-17/h5-11,13-14,17,25,28H,3-4,12,15-16H2,1-2H3/p+1/t25-/m0/s1. The molecular weight excluding hydrogens is 633 g/mol. The van der Waals surface area contributed by atoms with Crippen LogP contribution in [0.15, 0.2) is 59.8 Å². The Morgan fingerprint density at radius 1 is 1.10 bits per heavy atom. The maximum atomic E-state index is 13.3. The number of H-pyrrole nitrogens is 1. The van der Waals surface area contributed by atoms with E-state index in [-0.39, 0.29) is 33.7 Å². The SMILES string of the molecule is CSc1ccc(N(CC(=O)O[C@@H](Cc2c(Cl)c[nH+]cc2Cl)c2ccc(OC(F)F)c(OCC3CC3)c2)S(C)(=O)=O)cc1. The molecular formula is C28H29Cl2F2N2O6S2+. The first-order valence-electron chi connectivity index (χ1n) is 12.8. The molecule has 0 aliphatic heterocycles. The fraction of sp³-hybridized carbons (Fsp3) is 0.357. The van der Waals surface area contributed by atoms with Crippen LogP contribution in [-0.4, -0.2) is 46.7 Å². The zero-order valence-electron chi connectivity index (χ0n) is 22.7. The summed E-state index contributed by atoms with van der Waals surface area (Å²) in [4.78, 5) is 17.0. The fourth-order valence-electron chi connectivity index (χ4n) is 4.07. The van der Waals surface area contributed by atoms with E-state index in [1.165, 1.54) is 42.4 Å². The second-order valence-corrected chi connectivity index (χ2v) is 13.2. The quantitative estimate of drug-likeness (QED) is 0.150. The zero-order valence-corrected chi connectivity index (χ0v) is 25.8. The molecule has 0 radical (unpaired) electrons. The van der Waals surface area contributed by atoms with Gasteiger partial charge in [-0.05, 0) is 67.0 Å². The van der Waals surface area contributed by atoms with Gasteiger partial charge in [-0.25, -0.2) is 13.4 Å². The average Bonchev–Trinajstić information content (AvgIpc) is 3.76. The van der Waals surface area contributed by atoms with Crippen molar-refractivity contribution in [1.29, 1.82) is 0 Å². The van der Waals surface area contributed by atoms with Gasteiger partial charge >= 0.3 is 12.6 Å². The molecule has 0 bridgehead atoms. The number of benzene rings is 2. The van der Waals surface area contributed by atoms with E-state index < -0.39 is 35.3 Å². The van der Waals surface area contributed by atoms with Gasteiger partial charge in [-0.1, -0.05) is 29.3 Å². The lowest BCUT2D eigenvalue weighted by molar-refractivity contribution is -0.377. The smallest absolute Gasteiger partial charge is 0.387 e. The first-order valence-corrected chi connectivity index (χ1v) is 16.6. The predicted octanol–water partition coefficient (Wildman–Crippen LogP) is 6.21. The highest BCUT2D eigenvalue weighted by Crippen LogP contribution is 2.38. The highest BCUT2D eigenvalue weighted by Gasteiger charge is 2.28. The number of carbonyl (C=O) groups excluding carboxylic acids is 1. The molecule has 3 aromatic rings. The molecule has 1 aliphatic rings. The van der Waals surface area contributed by atoms with Gasteiger partial charge in [0, 0.05) is 16.9 Å². The number of aromatic nitrogens is 1. The summed E-state index contributed by atoms with van der Waals surface area (Å²) in [5, 5.41) is 0.552. The summed E-state index contributed by atoms with van der Waals surface area (Å²) in [5.41, 5.74) is 1.12. The van der Waals surface area contributed by atoms with Crippen LogP contribution in [0.4, 0.5) is 14.5 Å². The van der Waals surface area contributed by atoms with E-state index in [9.17, 15) is 22.0 Å². The molecule has 1 aromatic heterocycles. The van der Waals surface area contributed by atoms with Crippen molar-refractivity contribution in [3.63, 3.8) is 0 Å². The minimum Gasteiger partial charge on any atom is -0.489 e. The largest absolute Gasteiger partial charge is 0.489 e. The summed E-state index contributed by atoms with van der Waals surface area (Å²) < 4.78 is 68.7. The van der Waals surface area contributed by atoms with Crippen molar-refractivity contribution < 1.29 is 41.2 Å². The average molecular weight is 663 g/mol. The van der Waals surface area contributed by atoms with E-state index in [1.807, 2.05) is 6.26 Å². The Morgan fingerprint density at radius 2 is 1.76 bits per heavy atom. The van der Waals surface area contributed by atoms with Crippen molar-refractivity contribution in [2.45, 2.75) is 36.9 Å². The molecule has 14 heteroatoms. The van der Waals surface area contributed by atoms with Crippen molar-refractivity contribution in [3.8, 4) is 11.5 Å². The van der Waals surface area contributed by atoms with E-state index in [4.69, 9.17) is 32.7 Å². The summed E-state index contributed by atoms with van der Waals surface area (Å²) in [5.74, 6) is -0.637. The zero-order chi connectivity index (χ0) is 30.4. The molecule has 2 aromatic carbocycles. The predicted molar refractivity (Wildman–Crippen MR) is 157 cm³/mol. The number of pyridine rings is 1. The third kappa shape index (κ3) is 8.85. The van der Waals surface area contributed by atoms with E-state index in [2.05, 4.69) is 9.72 Å². The Morgan fingerprint density at radius 3 is 2.33 bits per heavy atom. The number of hydrogen-bond acceptors (Lipinski definition) is 7. The molecule has 0 saturated heterocycles. The number of aromatic amines is 1. The van der Waals surface area contributed by atoms with Crippen molar-refractivity contribution in [1.82, 2.24) is 0 Å². The highest BCUT2D eigenvalue weighted by molar-refractivity contribution is 7.98. The van der Waals surface area contributed by atoms with Gasteiger partial charge in [0.2, 0.25) is 10.0 Å². The van der Waals surface area contributed by atoms with Gasteiger partial charge in [0.25, 0.3) is 0 Å². The fourth-order valence-corrected chi connectivity index (χ4v) is 5.85. The van der Waals surface area contributed by atoms with Crippen LogP contribution in [0.1, 0.15) is 30.1 Å². The minimum atomic E-state index is -3.87. The van der Waals surface area contributed by atoms with Crippen molar-refractivity contribution >= 4 is 56.6 Å². The van der Waals surface area contributed by atoms with Gasteiger partial charge in [-0.3, -0.25) is 9.10 Å². The van der Waals surface area contributed by atoms with Crippen LogP contribution in [-0.2, 0) is 26.0 Å². The molecule has 1 fully saturated rings. The van der Waals surface area contributed by atoms with E-state index in [0.717, 1.165) is 28.3 Å². The van der Waals surface area contributed by atoms with Crippen LogP contribution in [0.3, 0.4) is 0 Å². The van der Waals surface area contributed by atoms with Gasteiger partial charge in [0.1, 0.15) is 22.7 Å². The Bertz CT molecular complexity index is 1490. The molecule has 1 heterocycles. The molecule has 1 aliphatic carbocycles. The normalized spacial score (nSPS) is 14.0. The highest BCUT2D eigenvalue weighted by atomic mass is 35.5. The van der Waals surface area contributed by atoms with Crippen LogP contribution >= 0.6 is 35.0 Å². The molecule has 42 heavy (non-hydrogen) atoms. The van der Waals surface area contributed by atoms with Gasteiger partial charge < -0.3 is 14.2 Å². The lowest BCUT2D eigenvalue weighted by Gasteiger charge is -2.25. The van der Waals surface area contributed by atoms with E-state index in [1.54, 1.807) is 24.3 Å². The van der Waals surface area contributed by atoms with Gasteiger partial charge in [0.05, 0.1) is 18.6 Å². The molecule has 4 rings (SSSR count). The maximum absolute atomic E-state index is 13.3. The lowest BCUT2D eigenvalue weighted by Crippen LogP contribution is -2.36. The number of sulfonamides is 1. The Labute approximate surface area is 257 Å². The number of carbonyl (C=O) groups is 1. The monoisotopic (exact) mass is 661 g/mol. The van der Waals surface area contributed by atoms with E-state index in [0.29, 0.717) is 23.7 Å². The molecule has 0 spiro atoms. The summed E-state index contributed by atoms with van der Waals surface area (Å²) >= 11 is 14.2. The topological polar surface area (TPSA) is 96.3 Å². The van der Waals surface area contributed by atoms with Crippen LogP contribution in [0, 0.1) is 5.92 Å². The number of thioether (sulfide) groups is 1. The Kier molecular flexibility index (Phi) is 10.8. The summed E-state index contributed by atoms with van der Waals surface area (Å²) in [6, 6.07) is 10.9. The van der Waals surface area contributed by atoms with Gasteiger partial charge in [-0.15, -0.1) is 11.8 Å². The molecule has 226 valence electrons. The van der Waals surface area contributed by atoms with Crippen LogP contribution < -0.4 is 18.8 Å². The van der Waals surface area contributed by atoms with Crippen LogP contribution in [0.5, 0.6) is 11.5 Å².